The average Bonchev–Trinajstić information content (AvgIpc) is 2.68. The Labute approximate surface area is 111 Å². The predicted octanol–water partition coefficient (Wildman–Crippen LogP) is 1.08. The Hall–Kier alpha value is -1.79. The standard InChI is InChI=1S/C12H18N2O5/c1-12(2,3)18-11(17)14-5-4-8-7(6-14)9(10(15)16)13-19-8/h7-8H,4-6H2,1-3H3,(H,15,16)/t7-,8+/m0/s1. The fourth-order valence-electron chi connectivity index (χ4n) is 2.20. The summed E-state index contributed by atoms with van der Waals surface area (Å²) < 4.78 is 5.28. The van der Waals surface area contributed by atoms with Crippen molar-refractivity contribution in [3.05, 3.63) is 0 Å². The van der Waals surface area contributed by atoms with Crippen LogP contribution in [-0.4, -0.2) is 52.6 Å². The van der Waals surface area contributed by atoms with Crippen LogP contribution >= 0.6 is 0 Å². The molecule has 2 aliphatic heterocycles. The molecule has 0 aliphatic carbocycles. The molecule has 1 saturated heterocycles. The first-order chi connectivity index (χ1) is 8.78. The highest BCUT2D eigenvalue weighted by Gasteiger charge is 2.43. The molecule has 1 N–H and O–H groups in total. The van der Waals surface area contributed by atoms with Crippen molar-refractivity contribution in [2.45, 2.75) is 38.9 Å². The number of nitrogens with zero attached hydrogens (tertiary/aromatic N) is 2. The zero-order chi connectivity index (χ0) is 14.2. The topological polar surface area (TPSA) is 88.4 Å². The number of piperidine rings is 1. The Kier molecular flexibility index (Phi) is 3.38. The van der Waals surface area contributed by atoms with Crippen LogP contribution in [0.4, 0.5) is 4.79 Å². The summed E-state index contributed by atoms with van der Waals surface area (Å²) in [5.41, 5.74) is -0.581. The minimum Gasteiger partial charge on any atom is -0.477 e. The molecule has 2 atom stereocenters. The first-order valence-electron chi connectivity index (χ1n) is 6.23. The summed E-state index contributed by atoms with van der Waals surface area (Å²) in [5.74, 6) is -1.47. The lowest BCUT2D eigenvalue weighted by Crippen LogP contribution is -2.49. The van der Waals surface area contributed by atoms with Gasteiger partial charge in [-0.15, -0.1) is 0 Å². The van der Waals surface area contributed by atoms with E-state index in [1.807, 2.05) is 0 Å². The fourth-order valence-corrected chi connectivity index (χ4v) is 2.20. The van der Waals surface area contributed by atoms with E-state index in [1.165, 1.54) is 4.90 Å². The lowest BCUT2D eigenvalue weighted by atomic mass is 9.91. The van der Waals surface area contributed by atoms with Crippen molar-refractivity contribution < 1.29 is 24.3 Å². The van der Waals surface area contributed by atoms with E-state index in [0.29, 0.717) is 13.0 Å². The predicted molar refractivity (Wildman–Crippen MR) is 65.9 cm³/mol. The summed E-state index contributed by atoms with van der Waals surface area (Å²) in [6, 6.07) is 0. The zero-order valence-electron chi connectivity index (χ0n) is 11.3. The Bertz CT molecular complexity index is 426. The van der Waals surface area contributed by atoms with Crippen LogP contribution in [0.3, 0.4) is 0 Å². The van der Waals surface area contributed by atoms with Crippen molar-refractivity contribution in [3.8, 4) is 0 Å². The van der Waals surface area contributed by atoms with E-state index < -0.39 is 17.7 Å². The Morgan fingerprint density at radius 1 is 1.47 bits per heavy atom. The highest BCUT2D eigenvalue weighted by atomic mass is 16.6. The van der Waals surface area contributed by atoms with Crippen molar-refractivity contribution >= 4 is 17.8 Å². The summed E-state index contributed by atoms with van der Waals surface area (Å²) in [5, 5.41) is 12.6. The Balaban J connectivity index is 2.02. The highest BCUT2D eigenvalue weighted by molar-refractivity contribution is 6.36. The fraction of sp³-hybridized carbons (Fsp3) is 0.750. The Morgan fingerprint density at radius 3 is 2.74 bits per heavy atom. The summed E-state index contributed by atoms with van der Waals surface area (Å²) in [6.45, 7) is 6.13. The van der Waals surface area contributed by atoms with Crippen molar-refractivity contribution in [3.63, 3.8) is 0 Å². The quantitative estimate of drug-likeness (QED) is 0.770. The largest absolute Gasteiger partial charge is 0.477 e. The van der Waals surface area contributed by atoms with E-state index in [4.69, 9.17) is 14.7 Å². The average molecular weight is 270 g/mol. The van der Waals surface area contributed by atoms with Gasteiger partial charge in [0.15, 0.2) is 5.71 Å². The molecule has 2 rings (SSSR count). The Morgan fingerprint density at radius 2 is 2.16 bits per heavy atom. The molecule has 19 heavy (non-hydrogen) atoms. The van der Waals surface area contributed by atoms with Gasteiger partial charge in [-0.1, -0.05) is 5.16 Å². The first-order valence-corrected chi connectivity index (χ1v) is 6.23. The van der Waals surface area contributed by atoms with E-state index in [-0.39, 0.29) is 24.3 Å². The van der Waals surface area contributed by atoms with Gasteiger partial charge >= 0.3 is 12.1 Å². The van der Waals surface area contributed by atoms with Crippen molar-refractivity contribution in [1.82, 2.24) is 4.90 Å². The monoisotopic (exact) mass is 270 g/mol. The number of oxime groups is 1. The van der Waals surface area contributed by atoms with E-state index in [1.54, 1.807) is 20.8 Å². The van der Waals surface area contributed by atoms with Gasteiger partial charge in [-0.2, -0.15) is 0 Å². The molecule has 2 aliphatic rings. The third kappa shape index (κ3) is 2.97. The normalized spacial score (nSPS) is 26.3. The number of hydrogen-bond acceptors (Lipinski definition) is 5. The second-order valence-corrected chi connectivity index (χ2v) is 5.75. The minimum atomic E-state index is -1.10. The van der Waals surface area contributed by atoms with Crippen molar-refractivity contribution in [2.75, 3.05) is 13.1 Å². The van der Waals surface area contributed by atoms with Gasteiger partial charge in [0, 0.05) is 19.5 Å². The number of likely N-dealkylation sites (tertiary alicyclic amines) is 1. The molecule has 0 aromatic heterocycles. The zero-order valence-corrected chi connectivity index (χ0v) is 11.3. The molecule has 0 aromatic rings. The first kappa shape index (κ1) is 13.6. The van der Waals surface area contributed by atoms with Gasteiger partial charge in [-0.3, -0.25) is 0 Å². The summed E-state index contributed by atoms with van der Waals surface area (Å²) >= 11 is 0. The maximum Gasteiger partial charge on any atom is 0.410 e. The van der Waals surface area contributed by atoms with Gasteiger partial charge in [0.2, 0.25) is 0 Å². The highest BCUT2D eigenvalue weighted by Crippen LogP contribution is 2.28. The second kappa shape index (κ2) is 4.71. The molecule has 0 bridgehead atoms. The number of amides is 1. The van der Waals surface area contributed by atoms with Gasteiger partial charge in [-0.05, 0) is 20.8 Å². The number of carbonyl (C=O) groups is 2. The lowest BCUT2D eigenvalue weighted by Gasteiger charge is -2.34. The lowest BCUT2D eigenvalue weighted by molar-refractivity contribution is -0.129. The molecule has 106 valence electrons. The van der Waals surface area contributed by atoms with Gasteiger partial charge in [-0.25, -0.2) is 9.59 Å². The number of fused-ring (bicyclic) bond motifs is 1. The summed E-state index contributed by atoms with van der Waals surface area (Å²) in [4.78, 5) is 29.6. The number of carboxylic acid groups (broad SMARTS) is 1. The van der Waals surface area contributed by atoms with Crippen LogP contribution in [-0.2, 0) is 14.4 Å². The molecule has 1 fully saturated rings. The number of rotatable bonds is 1. The van der Waals surface area contributed by atoms with Gasteiger partial charge in [0.25, 0.3) is 0 Å². The molecule has 0 aromatic carbocycles. The number of hydrogen-bond donors (Lipinski definition) is 1. The number of carbonyl (C=O) groups excluding carboxylic acids is 1. The summed E-state index contributed by atoms with van der Waals surface area (Å²) in [7, 11) is 0. The summed E-state index contributed by atoms with van der Waals surface area (Å²) in [6.07, 6.45) is -0.114. The van der Waals surface area contributed by atoms with Gasteiger partial charge < -0.3 is 19.6 Å². The molecular formula is C12H18N2O5. The second-order valence-electron chi connectivity index (χ2n) is 5.75. The van der Waals surface area contributed by atoms with E-state index in [2.05, 4.69) is 5.16 Å². The number of ether oxygens (including phenoxy) is 1. The van der Waals surface area contributed by atoms with Crippen LogP contribution in [0.5, 0.6) is 0 Å². The van der Waals surface area contributed by atoms with E-state index >= 15 is 0 Å². The minimum absolute atomic E-state index is 0.0155. The van der Waals surface area contributed by atoms with Crippen LogP contribution in [0, 0.1) is 5.92 Å². The van der Waals surface area contributed by atoms with Gasteiger partial charge in [0.05, 0.1) is 5.92 Å². The smallest absolute Gasteiger partial charge is 0.410 e. The third-order valence-electron chi connectivity index (χ3n) is 3.06. The van der Waals surface area contributed by atoms with Crippen LogP contribution in [0.2, 0.25) is 0 Å². The van der Waals surface area contributed by atoms with Crippen molar-refractivity contribution in [1.29, 1.82) is 0 Å². The molecule has 1 amide bonds. The van der Waals surface area contributed by atoms with Crippen LogP contribution in [0.1, 0.15) is 27.2 Å². The molecular weight excluding hydrogens is 252 g/mol. The maximum atomic E-state index is 12.0. The molecule has 2 heterocycles. The van der Waals surface area contributed by atoms with E-state index in [0.717, 1.165) is 0 Å². The van der Waals surface area contributed by atoms with Crippen LogP contribution in [0.15, 0.2) is 5.16 Å². The molecule has 0 unspecified atom stereocenters. The maximum absolute atomic E-state index is 12.0. The van der Waals surface area contributed by atoms with Crippen LogP contribution < -0.4 is 0 Å². The van der Waals surface area contributed by atoms with E-state index in [9.17, 15) is 9.59 Å². The SMILES string of the molecule is CC(C)(C)OC(=O)N1CC[C@H]2ON=C(C(=O)O)[C@H]2C1. The third-order valence-corrected chi connectivity index (χ3v) is 3.06. The molecule has 7 heteroatoms. The molecule has 0 saturated carbocycles. The molecule has 0 radical (unpaired) electrons. The van der Waals surface area contributed by atoms with Gasteiger partial charge in [0.1, 0.15) is 11.7 Å². The van der Waals surface area contributed by atoms with Crippen molar-refractivity contribution in [2.24, 2.45) is 11.1 Å². The molecule has 7 nitrogen and oxygen atoms in total. The molecule has 0 spiro atoms. The number of carboxylic acids is 1. The van der Waals surface area contributed by atoms with Crippen LogP contribution in [0.25, 0.3) is 0 Å². The number of aliphatic carboxylic acids is 1.